The molecule has 2 N–H and O–H groups in total. The van der Waals surface area contributed by atoms with Gasteiger partial charge in [-0.1, -0.05) is 23.7 Å². The van der Waals surface area contributed by atoms with E-state index < -0.39 is 5.91 Å². The van der Waals surface area contributed by atoms with Gasteiger partial charge in [0.15, 0.2) is 0 Å². The van der Waals surface area contributed by atoms with Crippen molar-refractivity contribution in [2.45, 2.75) is 6.42 Å². The number of carbonyl (C=O) groups is 1. The summed E-state index contributed by atoms with van der Waals surface area (Å²) in [6, 6.07) is 7.41. The molecule has 0 aliphatic heterocycles. The Morgan fingerprint density at radius 1 is 1.40 bits per heavy atom. The van der Waals surface area contributed by atoms with Crippen molar-refractivity contribution in [2.24, 2.45) is 5.73 Å². The zero-order valence-corrected chi connectivity index (χ0v) is 8.66. The first-order chi connectivity index (χ1) is 7.18. The summed E-state index contributed by atoms with van der Waals surface area (Å²) in [5.41, 5.74) is 5.77. The molecule has 0 atom stereocenters. The van der Waals surface area contributed by atoms with Crippen LogP contribution in [0, 0.1) is 0 Å². The SMILES string of the molecule is NC(=O)Cc1nccc2cccc(Cl)c12. The molecule has 0 unspecified atom stereocenters. The second-order valence-corrected chi connectivity index (χ2v) is 3.65. The highest BCUT2D eigenvalue weighted by molar-refractivity contribution is 6.35. The van der Waals surface area contributed by atoms with Gasteiger partial charge in [0.2, 0.25) is 5.91 Å². The molecule has 1 aromatic carbocycles. The molecule has 4 heteroatoms. The average molecular weight is 221 g/mol. The van der Waals surface area contributed by atoms with Crippen molar-refractivity contribution in [1.82, 2.24) is 4.98 Å². The molecule has 0 aliphatic carbocycles. The molecule has 0 saturated carbocycles. The number of fused-ring (bicyclic) bond motifs is 1. The van der Waals surface area contributed by atoms with Crippen LogP contribution in [0.4, 0.5) is 0 Å². The van der Waals surface area contributed by atoms with Gasteiger partial charge in [-0.25, -0.2) is 0 Å². The molecule has 15 heavy (non-hydrogen) atoms. The Bertz CT molecular complexity index is 520. The number of nitrogens with zero attached hydrogens (tertiary/aromatic N) is 1. The van der Waals surface area contributed by atoms with Crippen LogP contribution in [0.2, 0.25) is 5.02 Å². The number of rotatable bonds is 2. The molecular formula is C11H9ClN2O. The predicted octanol–water partition coefficient (Wildman–Crippen LogP) is 1.92. The number of pyridine rings is 1. The van der Waals surface area contributed by atoms with Gasteiger partial charge in [-0.3, -0.25) is 9.78 Å². The normalized spacial score (nSPS) is 10.5. The predicted molar refractivity (Wildman–Crippen MR) is 59.7 cm³/mol. The van der Waals surface area contributed by atoms with Crippen LogP contribution in [-0.2, 0) is 11.2 Å². The van der Waals surface area contributed by atoms with Gasteiger partial charge in [0, 0.05) is 11.6 Å². The first-order valence-electron chi connectivity index (χ1n) is 4.49. The quantitative estimate of drug-likeness (QED) is 0.841. The van der Waals surface area contributed by atoms with Crippen molar-refractivity contribution in [3.63, 3.8) is 0 Å². The van der Waals surface area contributed by atoms with Crippen LogP contribution in [0.1, 0.15) is 5.69 Å². The lowest BCUT2D eigenvalue weighted by molar-refractivity contribution is -0.117. The third kappa shape index (κ3) is 1.92. The second-order valence-electron chi connectivity index (χ2n) is 3.24. The smallest absolute Gasteiger partial charge is 0.223 e. The Morgan fingerprint density at radius 2 is 2.20 bits per heavy atom. The fourth-order valence-corrected chi connectivity index (χ4v) is 1.85. The number of benzene rings is 1. The van der Waals surface area contributed by atoms with Gasteiger partial charge in [-0.05, 0) is 17.5 Å². The summed E-state index contributed by atoms with van der Waals surface area (Å²) in [4.78, 5) is 15.0. The van der Waals surface area contributed by atoms with E-state index in [2.05, 4.69) is 4.98 Å². The van der Waals surface area contributed by atoms with Gasteiger partial charge in [-0.2, -0.15) is 0 Å². The van der Waals surface area contributed by atoms with E-state index in [1.807, 2.05) is 18.2 Å². The highest BCUT2D eigenvalue weighted by atomic mass is 35.5. The third-order valence-electron chi connectivity index (χ3n) is 2.16. The van der Waals surface area contributed by atoms with Crippen molar-refractivity contribution in [3.8, 4) is 0 Å². The van der Waals surface area contributed by atoms with Crippen LogP contribution >= 0.6 is 11.6 Å². The summed E-state index contributed by atoms with van der Waals surface area (Å²) in [5, 5.41) is 2.37. The van der Waals surface area contributed by atoms with Crippen LogP contribution in [-0.4, -0.2) is 10.9 Å². The molecule has 3 nitrogen and oxygen atoms in total. The number of nitrogens with two attached hydrogens (primary N) is 1. The maximum atomic E-state index is 10.9. The largest absolute Gasteiger partial charge is 0.369 e. The number of amides is 1. The Balaban J connectivity index is 2.68. The minimum Gasteiger partial charge on any atom is -0.369 e. The second kappa shape index (κ2) is 3.87. The number of aromatic nitrogens is 1. The first kappa shape index (κ1) is 9.93. The van der Waals surface area contributed by atoms with E-state index >= 15 is 0 Å². The van der Waals surface area contributed by atoms with E-state index in [1.165, 1.54) is 0 Å². The van der Waals surface area contributed by atoms with E-state index in [-0.39, 0.29) is 6.42 Å². The van der Waals surface area contributed by atoms with E-state index in [0.29, 0.717) is 10.7 Å². The Kier molecular flexibility index (Phi) is 2.56. The van der Waals surface area contributed by atoms with E-state index in [4.69, 9.17) is 17.3 Å². The summed E-state index contributed by atoms with van der Waals surface area (Å²) >= 11 is 6.05. The fraction of sp³-hybridized carbons (Fsp3) is 0.0909. The van der Waals surface area contributed by atoms with Gasteiger partial charge >= 0.3 is 0 Å². The summed E-state index contributed by atoms with van der Waals surface area (Å²) in [7, 11) is 0. The standard InChI is InChI=1S/C11H9ClN2O/c12-8-3-1-2-7-4-5-14-9(11(7)8)6-10(13)15/h1-5H,6H2,(H2,13,15). The molecule has 2 aromatic rings. The molecule has 0 radical (unpaired) electrons. The van der Waals surface area contributed by atoms with Gasteiger partial charge < -0.3 is 5.73 Å². The molecule has 2 rings (SSSR count). The molecular weight excluding hydrogens is 212 g/mol. The minimum absolute atomic E-state index is 0.112. The number of primary amides is 1. The molecule has 1 aromatic heterocycles. The molecule has 0 spiro atoms. The number of halogens is 1. The molecule has 0 bridgehead atoms. The summed E-state index contributed by atoms with van der Waals surface area (Å²) in [6.45, 7) is 0. The molecule has 0 saturated heterocycles. The number of hydrogen-bond donors (Lipinski definition) is 1. The van der Waals surface area contributed by atoms with Crippen LogP contribution < -0.4 is 5.73 Å². The lowest BCUT2D eigenvalue weighted by Gasteiger charge is -2.04. The molecule has 0 aliphatic rings. The minimum atomic E-state index is -0.407. The summed E-state index contributed by atoms with van der Waals surface area (Å²) < 4.78 is 0. The number of hydrogen-bond acceptors (Lipinski definition) is 2. The van der Waals surface area contributed by atoms with Crippen LogP contribution in [0.25, 0.3) is 10.8 Å². The van der Waals surface area contributed by atoms with E-state index in [9.17, 15) is 4.79 Å². The highest BCUT2D eigenvalue weighted by Gasteiger charge is 2.08. The Hall–Kier alpha value is -1.61. The molecule has 0 fully saturated rings. The van der Waals surface area contributed by atoms with Crippen LogP contribution in [0.15, 0.2) is 30.5 Å². The summed E-state index contributed by atoms with van der Waals surface area (Å²) in [6.07, 6.45) is 1.76. The number of carbonyl (C=O) groups excluding carboxylic acids is 1. The van der Waals surface area contributed by atoms with Gasteiger partial charge in [0.25, 0.3) is 0 Å². The van der Waals surface area contributed by atoms with Crippen molar-refractivity contribution < 1.29 is 4.79 Å². The van der Waals surface area contributed by atoms with Gasteiger partial charge in [0.05, 0.1) is 17.1 Å². The van der Waals surface area contributed by atoms with Crippen molar-refractivity contribution >= 4 is 28.3 Å². The van der Waals surface area contributed by atoms with Crippen molar-refractivity contribution in [1.29, 1.82) is 0 Å². The lowest BCUT2D eigenvalue weighted by atomic mass is 10.1. The topological polar surface area (TPSA) is 56.0 Å². The van der Waals surface area contributed by atoms with Crippen LogP contribution in [0.3, 0.4) is 0 Å². The third-order valence-corrected chi connectivity index (χ3v) is 2.48. The van der Waals surface area contributed by atoms with Gasteiger partial charge in [-0.15, -0.1) is 0 Å². The zero-order valence-electron chi connectivity index (χ0n) is 7.90. The van der Waals surface area contributed by atoms with Crippen molar-refractivity contribution in [2.75, 3.05) is 0 Å². The van der Waals surface area contributed by atoms with Gasteiger partial charge in [0.1, 0.15) is 0 Å². The zero-order chi connectivity index (χ0) is 10.8. The highest BCUT2D eigenvalue weighted by Crippen LogP contribution is 2.25. The van der Waals surface area contributed by atoms with E-state index in [0.717, 1.165) is 10.8 Å². The van der Waals surface area contributed by atoms with Crippen LogP contribution in [0.5, 0.6) is 0 Å². The first-order valence-corrected chi connectivity index (χ1v) is 4.86. The molecule has 1 amide bonds. The summed E-state index contributed by atoms with van der Waals surface area (Å²) in [5.74, 6) is -0.407. The Morgan fingerprint density at radius 3 is 2.93 bits per heavy atom. The molecule has 76 valence electrons. The van der Waals surface area contributed by atoms with Crippen molar-refractivity contribution in [3.05, 3.63) is 41.2 Å². The molecule has 1 heterocycles. The maximum absolute atomic E-state index is 10.9. The fourth-order valence-electron chi connectivity index (χ4n) is 1.56. The van der Waals surface area contributed by atoms with E-state index in [1.54, 1.807) is 12.3 Å². The Labute approximate surface area is 91.9 Å². The monoisotopic (exact) mass is 220 g/mol. The maximum Gasteiger partial charge on any atom is 0.223 e. The average Bonchev–Trinajstić information content (AvgIpc) is 2.17. The lowest BCUT2D eigenvalue weighted by Crippen LogP contribution is -2.14.